The smallest absolute Gasteiger partial charge is 0.327 e. The van der Waals surface area contributed by atoms with E-state index in [-0.39, 0.29) is 6.61 Å². The molecule has 136 valence electrons. The molecule has 7 nitrogen and oxygen atoms in total. The van der Waals surface area contributed by atoms with Gasteiger partial charge in [-0.2, -0.15) is 0 Å². The Kier molecular flexibility index (Phi) is 5.68. The maximum Gasteiger partial charge on any atom is 0.327 e. The summed E-state index contributed by atoms with van der Waals surface area (Å²) in [4.78, 5) is 37.2. The predicted octanol–water partition coefficient (Wildman–Crippen LogP) is 1.38. The number of piperidine rings is 1. The van der Waals surface area contributed by atoms with Crippen molar-refractivity contribution in [2.45, 2.75) is 19.3 Å². The van der Waals surface area contributed by atoms with Crippen molar-refractivity contribution in [1.82, 2.24) is 15.8 Å². The number of nitrogens with zero attached hydrogens (tertiary/aromatic N) is 1. The third-order valence-electron chi connectivity index (χ3n) is 4.26. The van der Waals surface area contributed by atoms with Crippen LogP contribution in [0.2, 0.25) is 0 Å². The third-order valence-corrected chi connectivity index (χ3v) is 4.26. The lowest BCUT2D eigenvalue weighted by Crippen LogP contribution is -2.51. The highest BCUT2D eigenvalue weighted by molar-refractivity contribution is 6.35. The van der Waals surface area contributed by atoms with Gasteiger partial charge in [0.2, 0.25) is 0 Å². The fourth-order valence-electron chi connectivity index (χ4n) is 2.92. The molecule has 2 aromatic carbocycles. The second-order valence-corrected chi connectivity index (χ2v) is 6.12. The molecule has 0 unspecified atom stereocenters. The van der Waals surface area contributed by atoms with Gasteiger partial charge in [-0.25, -0.2) is 0 Å². The number of rotatable bonds is 3. The molecule has 7 heteroatoms. The van der Waals surface area contributed by atoms with E-state index in [1.165, 1.54) is 4.90 Å². The van der Waals surface area contributed by atoms with Gasteiger partial charge in [-0.05, 0) is 30.7 Å². The predicted molar refractivity (Wildman–Crippen MR) is 96.2 cm³/mol. The maximum atomic E-state index is 12.0. The Balaban J connectivity index is 1.48. The van der Waals surface area contributed by atoms with Crippen LogP contribution < -0.4 is 15.6 Å². The first kappa shape index (κ1) is 17.7. The quantitative estimate of drug-likeness (QED) is 0.643. The molecule has 1 heterocycles. The van der Waals surface area contributed by atoms with Crippen molar-refractivity contribution in [3.63, 3.8) is 0 Å². The largest absolute Gasteiger partial charge is 0.483 e. The van der Waals surface area contributed by atoms with Gasteiger partial charge in [0, 0.05) is 18.5 Å². The molecule has 3 rings (SSSR count). The molecule has 0 radical (unpaired) electrons. The first-order valence-electron chi connectivity index (χ1n) is 8.64. The monoisotopic (exact) mass is 355 g/mol. The van der Waals surface area contributed by atoms with E-state index in [9.17, 15) is 14.4 Å². The minimum Gasteiger partial charge on any atom is -0.483 e. The summed E-state index contributed by atoms with van der Waals surface area (Å²) in [5, 5.41) is 1.90. The summed E-state index contributed by atoms with van der Waals surface area (Å²) >= 11 is 0. The molecular weight excluding hydrogens is 334 g/mol. The lowest BCUT2D eigenvalue weighted by molar-refractivity contribution is -0.147. The molecule has 0 saturated carbocycles. The van der Waals surface area contributed by atoms with Crippen molar-refractivity contribution in [3.05, 3.63) is 42.5 Å². The molecule has 0 aliphatic carbocycles. The van der Waals surface area contributed by atoms with Crippen molar-refractivity contribution < 1.29 is 19.1 Å². The molecule has 1 saturated heterocycles. The molecule has 2 N–H and O–H groups in total. The minimum atomic E-state index is -0.842. The van der Waals surface area contributed by atoms with E-state index in [0.717, 1.165) is 30.0 Å². The number of hydrogen-bond donors (Lipinski definition) is 2. The minimum absolute atomic E-state index is 0.272. The van der Waals surface area contributed by atoms with Crippen LogP contribution in [-0.4, -0.2) is 42.3 Å². The lowest BCUT2D eigenvalue weighted by atomic mass is 10.1. The van der Waals surface area contributed by atoms with E-state index in [0.29, 0.717) is 18.8 Å². The van der Waals surface area contributed by atoms with Crippen LogP contribution in [0, 0.1) is 0 Å². The maximum absolute atomic E-state index is 12.0. The zero-order chi connectivity index (χ0) is 18.4. The molecule has 1 fully saturated rings. The van der Waals surface area contributed by atoms with E-state index < -0.39 is 17.7 Å². The van der Waals surface area contributed by atoms with Crippen LogP contribution in [0.15, 0.2) is 42.5 Å². The average molecular weight is 355 g/mol. The number of hydrogen-bond acceptors (Lipinski definition) is 4. The number of ether oxygens (including phenoxy) is 1. The number of nitrogens with one attached hydrogen (secondary N) is 2. The van der Waals surface area contributed by atoms with E-state index in [1.807, 2.05) is 36.4 Å². The van der Waals surface area contributed by atoms with E-state index >= 15 is 0 Å². The Bertz CT molecular complexity index is 810. The van der Waals surface area contributed by atoms with Crippen LogP contribution in [0.3, 0.4) is 0 Å². The summed E-state index contributed by atoms with van der Waals surface area (Å²) in [5.74, 6) is -1.43. The Morgan fingerprint density at radius 3 is 2.46 bits per heavy atom. The van der Waals surface area contributed by atoms with Crippen LogP contribution in [0.1, 0.15) is 19.3 Å². The molecule has 1 aliphatic heterocycles. The third kappa shape index (κ3) is 4.30. The normalized spacial score (nSPS) is 13.9. The SMILES string of the molecule is O=C(COc1cccc2ccccc12)NNC(=O)C(=O)N1CCCCC1. The number of carbonyl (C=O) groups is 3. The van der Waals surface area contributed by atoms with Gasteiger partial charge in [-0.15, -0.1) is 0 Å². The van der Waals surface area contributed by atoms with Gasteiger partial charge in [-0.1, -0.05) is 36.4 Å². The molecule has 2 aromatic rings. The van der Waals surface area contributed by atoms with Crippen molar-refractivity contribution in [2.75, 3.05) is 19.7 Å². The molecule has 1 aliphatic rings. The van der Waals surface area contributed by atoms with E-state index in [4.69, 9.17) is 4.74 Å². The van der Waals surface area contributed by atoms with Crippen LogP contribution in [0.4, 0.5) is 0 Å². The Labute approximate surface area is 151 Å². The van der Waals surface area contributed by atoms with Gasteiger partial charge in [-0.3, -0.25) is 25.2 Å². The van der Waals surface area contributed by atoms with Gasteiger partial charge in [0.15, 0.2) is 6.61 Å². The number of hydrazine groups is 1. The van der Waals surface area contributed by atoms with Crippen LogP contribution in [0.25, 0.3) is 10.8 Å². The second-order valence-electron chi connectivity index (χ2n) is 6.12. The summed E-state index contributed by atoms with van der Waals surface area (Å²) in [7, 11) is 0. The van der Waals surface area contributed by atoms with Gasteiger partial charge < -0.3 is 9.64 Å². The first-order chi connectivity index (χ1) is 12.6. The number of carbonyl (C=O) groups excluding carboxylic acids is 3. The number of amides is 3. The van der Waals surface area contributed by atoms with Crippen LogP contribution in [0.5, 0.6) is 5.75 Å². The summed E-state index contributed by atoms with van der Waals surface area (Å²) in [6, 6.07) is 13.2. The van der Waals surface area contributed by atoms with E-state index in [2.05, 4.69) is 10.9 Å². The average Bonchev–Trinajstić information content (AvgIpc) is 2.70. The Hall–Kier alpha value is -3.09. The van der Waals surface area contributed by atoms with Crippen LogP contribution >= 0.6 is 0 Å². The molecule has 26 heavy (non-hydrogen) atoms. The molecule has 3 amide bonds. The number of fused-ring (bicyclic) bond motifs is 1. The van der Waals surface area contributed by atoms with Gasteiger partial charge in [0.25, 0.3) is 5.91 Å². The fraction of sp³-hybridized carbons (Fsp3) is 0.316. The lowest BCUT2D eigenvalue weighted by Gasteiger charge is -2.25. The fourth-order valence-corrected chi connectivity index (χ4v) is 2.92. The van der Waals surface area contributed by atoms with Crippen molar-refractivity contribution in [1.29, 1.82) is 0 Å². The Morgan fingerprint density at radius 2 is 1.65 bits per heavy atom. The van der Waals surface area contributed by atoms with Crippen LogP contribution in [-0.2, 0) is 14.4 Å². The zero-order valence-electron chi connectivity index (χ0n) is 14.4. The summed E-state index contributed by atoms with van der Waals surface area (Å²) in [6.07, 6.45) is 2.85. The topological polar surface area (TPSA) is 87.7 Å². The second kappa shape index (κ2) is 8.33. The number of likely N-dealkylation sites (tertiary alicyclic amines) is 1. The molecule has 0 bridgehead atoms. The van der Waals surface area contributed by atoms with Crippen molar-refractivity contribution >= 4 is 28.5 Å². The number of benzene rings is 2. The molecular formula is C19H21N3O4. The molecule has 0 aromatic heterocycles. The summed E-state index contributed by atoms with van der Waals surface area (Å²) < 4.78 is 5.53. The van der Waals surface area contributed by atoms with Crippen molar-refractivity contribution in [2.24, 2.45) is 0 Å². The summed E-state index contributed by atoms with van der Waals surface area (Å²) in [6.45, 7) is 0.876. The van der Waals surface area contributed by atoms with Gasteiger partial charge >= 0.3 is 11.8 Å². The summed E-state index contributed by atoms with van der Waals surface area (Å²) in [5.41, 5.74) is 4.35. The molecule has 0 spiro atoms. The molecule has 0 atom stereocenters. The van der Waals surface area contributed by atoms with E-state index in [1.54, 1.807) is 6.07 Å². The standard InChI is InChI=1S/C19H21N3O4/c23-17(20-21-18(24)19(25)22-11-4-1-5-12-22)13-26-16-10-6-8-14-7-2-3-9-15(14)16/h2-3,6-10H,1,4-5,11-13H2,(H,20,23)(H,21,24). The van der Waals surface area contributed by atoms with Gasteiger partial charge in [0.05, 0.1) is 0 Å². The Morgan fingerprint density at radius 1 is 0.923 bits per heavy atom. The first-order valence-corrected chi connectivity index (χ1v) is 8.64. The zero-order valence-corrected chi connectivity index (χ0v) is 14.4. The highest BCUT2D eigenvalue weighted by Gasteiger charge is 2.23. The highest BCUT2D eigenvalue weighted by atomic mass is 16.5. The highest BCUT2D eigenvalue weighted by Crippen LogP contribution is 2.24. The van der Waals surface area contributed by atoms with Crippen molar-refractivity contribution in [3.8, 4) is 5.75 Å². The van der Waals surface area contributed by atoms with Gasteiger partial charge in [0.1, 0.15) is 5.75 Å².